The minimum absolute atomic E-state index is 0.0439. The molecular formula is C26H22ClF2N7O. The van der Waals surface area contributed by atoms with Gasteiger partial charge in [-0.1, -0.05) is 23.6 Å². The van der Waals surface area contributed by atoms with Crippen molar-refractivity contribution in [1.29, 1.82) is 0 Å². The van der Waals surface area contributed by atoms with E-state index in [2.05, 4.69) is 48.0 Å². The largest absolute Gasteiger partial charge is 0.390 e. The molecule has 0 amide bonds. The van der Waals surface area contributed by atoms with E-state index >= 15 is 0 Å². The summed E-state index contributed by atoms with van der Waals surface area (Å²) >= 11 is 5.94. The second kappa shape index (κ2) is 9.03. The van der Waals surface area contributed by atoms with Crippen molar-refractivity contribution in [2.75, 3.05) is 18.0 Å². The number of piperidine rings is 1. The van der Waals surface area contributed by atoms with Gasteiger partial charge in [0.2, 0.25) is 0 Å². The van der Waals surface area contributed by atoms with Gasteiger partial charge in [-0.05, 0) is 48.3 Å². The number of nitrogens with one attached hydrogen (secondary N) is 1. The third-order valence-corrected chi connectivity index (χ3v) is 7.69. The average Bonchev–Trinajstić information content (AvgIpc) is 3.41. The lowest BCUT2D eigenvalue weighted by Gasteiger charge is -2.42. The van der Waals surface area contributed by atoms with Crippen LogP contribution in [-0.4, -0.2) is 43.3 Å². The molecule has 0 radical (unpaired) electrons. The van der Waals surface area contributed by atoms with Crippen LogP contribution < -0.4 is 10.6 Å². The van der Waals surface area contributed by atoms with Gasteiger partial charge in [-0.2, -0.15) is 5.10 Å². The van der Waals surface area contributed by atoms with Crippen LogP contribution in [0, 0.1) is 28.9 Å². The highest BCUT2D eigenvalue weighted by atomic mass is 35.5. The van der Waals surface area contributed by atoms with E-state index in [1.165, 1.54) is 5.56 Å². The number of aliphatic hydroxyl groups excluding tert-OH is 1. The van der Waals surface area contributed by atoms with Crippen molar-refractivity contribution in [3.05, 3.63) is 75.3 Å². The summed E-state index contributed by atoms with van der Waals surface area (Å²) in [5, 5.41) is 16.9. The van der Waals surface area contributed by atoms with Gasteiger partial charge in [0.05, 0.1) is 28.9 Å². The zero-order chi connectivity index (χ0) is 25.7. The van der Waals surface area contributed by atoms with Crippen molar-refractivity contribution in [1.82, 2.24) is 25.1 Å². The van der Waals surface area contributed by atoms with E-state index in [4.69, 9.17) is 17.3 Å². The molecule has 37 heavy (non-hydrogen) atoms. The lowest BCUT2D eigenvalue weighted by atomic mass is 9.73. The Morgan fingerprint density at radius 2 is 2.03 bits per heavy atom. The van der Waals surface area contributed by atoms with Crippen LogP contribution in [0.15, 0.2) is 30.5 Å². The van der Waals surface area contributed by atoms with Crippen molar-refractivity contribution < 1.29 is 13.9 Å². The number of pyridine rings is 1. The summed E-state index contributed by atoms with van der Waals surface area (Å²) in [4.78, 5) is 15.9. The molecule has 3 aromatic heterocycles. The van der Waals surface area contributed by atoms with E-state index in [-0.39, 0.29) is 34.3 Å². The maximum atomic E-state index is 14.1. The summed E-state index contributed by atoms with van der Waals surface area (Å²) in [5.41, 5.74) is 9.99. The number of rotatable bonds is 2. The fourth-order valence-corrected chi connectivity index (χ4v) is 5.65. The zero-order valence-electron chi connectivity index (χ0n) is 19.6. The van der Waals surface area contributed by atoms with Crippen molar-refractivity contribution in [3.8, 4) is 11.8 Å². The minimum atomic E-state index is -0.870. The van der Waals surface area contributed by atoms with Crippen molar-refractivity contribution in [2.24, 2.45) is 11.1 Å². The molecule has 0 saturated carbocycles. The number of aromatic nitrogens is 5. The molecule has 8 nitrogen and oxygen atoms in total. The highest BCUT2D eigenvalue weighted by Crippen LogP contribution is 2.50. The molecule has 1 saturated heterocycles. The predicted octanol–water partition coefficient (Wildman–Crippen LogP) is 3.41. The maximum Gasteiger partial charge on any atom is 0.177 e. The van der Waals surface area contributed by atoms with Crippen LogP contribution in [0.3, 0.4) is 0 Å². The molecule has 1 aliphatic heterocycles. The Labute approximate surface area is 215 Å². The summed E-state index contributed by atoms with van der Waals surface area (Å²) in [6.45, 7) is 1.08. The summed E-state index contributed by atoms with van der Waals surface area (Å²) in [6.07, 6.45) is 4.42. The van der Waals surface area contributed by atoms with E-state index in [0.29, 0.717) is 41.8 Å². The van der Waals surface area contributed by atoms with Gasteiger partial charge in [-0.3, -0.25) is 10.1 Å². The molecule has 0 bridgehead atoms. The summed E-state index contributed by atoms with van der Waals surface area (Å²) in [7, 11) is 0. The molecule has 1 fully saturated rings. The van der Waals surface area contributed by atoms with Gasteiger partial charge >= 0.3 is 0 Å². The zero-order valence-corrected chi connectivity index (χ0v) is 20.4. The normalized spacial score (nSPS) is 18.2. The highest BCUT2D eigenvalue weighted by Gasteiger charge is 2.47. The smallest absolute Gasteiger partial charge is 0.177 e. The monoisotopic (exact) mass is 521 g/mol. The molecule has 1 aromatic carbocycles. The number of nitrogens with two attached hydrogens (primary N) is 1. The number of aliphatic hydroxyl groups is 1. The van der Waals surface area contributed by atoms with E-state index in [1.807, 2.05) is 6.07 Å². The van der Waals surface area contributed by atoms with Gasteiger partial charge in [0.25, 0.3) is 0 Å². The molecule has 6 rings (SSSR count). The Balaban J connectivity index is 1.27. The Morgan fingerprint density at radius 1 is 1.22 bits per heavy atom. The molecule has 4 aromatic rings. The molecule has 188 valence electrons. The number of hydrogen-bond donors (Lipinski definition) is 3. The van der Waals surface area contributed by atoms with Crippen molar-refractivity contribution in [2.45, 2.75) is 31.9 Å². The first kappa shape index (κ1) is 23.7. The van der Waals surface area contributed by atoms with E-state index in [0.717, 1.165) is 31.0 Å². The van der Waals surface area contributed by atoms with Gasteiger partial charge in [0.15, 0.2) is 17.2 Å². The number of halogens is 3. The van der Waals surface area contributed by atoms with Crippen LogP contribution in [0.2, 0.25) is 5.02 Å². The number of benzene rings is 1. The average molecular weight is 522 g/mol. The fraction of sp³-hybridized carbons (Fsp3) is 0.308. The molecule has 4 N–H and O–H groups in total. The number of nitrogens with zero attached hydrogens (tertiary/aromatic N) is 5. The first-order valence-corrected chi connectivity index (χ1v) is 12.2. The molecule has 11 heteroatoms. The molecular weight excluding hydrogens is 500 g/mol. The van der Waals surface area contributed by atoms with E-state index in [9.17, 15) is 13.9 Å². The highest BCUT2D eigenvalue weighted by molar-refractivity contribution is 6.31. The Morgan fingerprint density at radius 3 is 2.76 bits per heavy atom. The molecule has 1 spiro atoms. The van der Waals surface area contributed by atoms with Crippen LogP contribution in [0.1, 0.15) is 47.1 Å². The Kier molecular flexibility index (Phi) is 5.79. The topological polar surface area (TPSA) is 117 Å². The molecule has 2 aliphatic rings. The third kappa shape index (κ3) is 4.00. The maximum absolute atomic E-state index is 14.1. The van der Waals surface area contributed by atoms with Gasteiger partial charge in [-0.15, -0.1) is 0 Å². The second-order valence-electron chi connectivity index (χ2n) is 9.47. The number of H-pyrrole nitrogens is 1. The van der Waals surface area contributed by atoms with E-state index < -0.39 is 11.6 Å². The van der Waals surface area contributed by atoms with Crippen LogP contribution in [-0.2, 0) is 13.0 Å². The number of anilines is 1. The van der Waals surface area contributed by atoms with Gasteiger partial charge in [-0.25, -0.2) is 18.7 Å². The van der Waals surface area contributed by atoms with E-state index in [1.54, 1.807) is 6.20 Å². The fourth-order valence-electron chi connectivity index (χ4n) is 5.41. The molecule has 0 unspecified atom stereocenters. The predicted molar refractivity (Wildman–Crippen MR) is 134 cm³/mol. The van der Waals surface area contributed by atoms with Gasteiger partial charge < -0.3 is 15.7 Å². The summed E-state index contributed by atoms with van der Waals surface area (Å²) in [5.74, 6) is 4.23. The van der Waals surface area contributed by atoms with Crippen LogP contribution >= 0.6 is 11.6 Å². The first-order chi connectivity index (χ1) is 17.9. The summed E-state index contributed by atoms with van der Waals surface area (Å²) < 4.78 is 27.4. The number of aromatic amines is 1. The Hall–Kier alpha value is -3.65. The lowest BCUT2D eigenvalue weighted by Crippen LogP contribution is -2.45. The standard InChI is InChI=1S/C26H22ClF2N7O/c27-17-10-15(28)11-18(29)16(17)3-4-19-22-24(35-34-19)33-25(20(13-37)32-22)36-8-5-26(6-9-36)12-14-2-1-7-31-21(14)23(26)30/h1-2,7,10-11,23,37H,5-6,8-9,12-13,30H2,(H,33,34,35)/t23-/m1/s1. The van der Waals surface area contributed by atoms with Crippen LogP contribution in [0.5, 0.6) is 0 Å². The Bertz CT molecular complexity index is 1560. The molecule has 1 atom stereocenters. The van der Waals surface area contributed by atoms with Crippen LogP contribution in [0.25, 0.3) is 11.2 Å². The van der Waals surface area contributed by atoms with Gasteiger partial charge in [0, 0.05) is 25.4 Å². The number of hydrogen-bond acceptors (Lipinski definition) is 7. The third-order valence-electron chi connectivity index (χ3n) is 7.39. The molecule has 1 aliphatic carbocycles. The van der Waals surface area contributed by atoms with Crippen LogP contribution in [0.4, 0.5) is 14.6 Å². The number of fused-ring (bicyclic) bond motifs is 2. The molecule has 4 heterocycles. The first-order valence-electron chi connectivity index (χ1n) is 11.9. The quantitative estimate of drug-likeness (QED) is 0.346. The lowest BCUT2D eigenvalue weighted by molar-refractivity contribution is 0.185. The van der Waals surface area contributed by atoms with Gasteiger partial charge in [0.1, 0.15) is 22.8 Å². The summed E-state index contributed by atoms with van der Waals surface area (Å²) in [6, 6.07) is 5.65. The van der Waals surface area contributed by atoms with Crippen molar-refractivity contribution in [3.63, 3.8) is 0 Å². The second-order valence-corrected chi connectivity index (χ2v) is 9.87. The SMILES string of the molecule is N[C@@H]1c2ncccc2CC12CCN(c1nc3[nH]nc(C#Cc4c(F)cc(F)cc4Cl)c3nc1CO)CC2. The van der Waals surface area contributed by atoms with Crippen molar-refractivity contribution >= 4 is 28.6 Å². The minimum Gasteiger partial charge on any atom is -0.390 e.